The lowest BCUT2D eigenvalue weighted by atomic mass is 10.2. The minimum absolute atomic E-state index is 0.000613. The highest BCUT2D eigenvalue weighted by Crippen LogP contribution is 2.22. The van der Waals surface area contributed by atoms with Crippen molar-refractivity contribution in [1.29, 1.82) is 0 Å². The number of hydrazone groups is 1. The summed E-state index contributed by atoms with van der Waals surface area (Å²) in [5.41, 5.74) is 3.58. The molecule has 0 heterocycles. The topological polar surface area (TPSA) is 114 Å². The maximum Gasteiger partial charge on any atom is 0.344 e. The van der Waals surface area contributed by atoms with Crippen molar-refractivity contribution in [3.05, 3.63) is 123 Å². The van der Waals surface area contributed by atoms with Crippen LogP contribution in [0, 0.1) is 0 Å². The molecule has 0 unspecified atom stereocenters. The summed E-state index contributed by atoms with van der Waals surface area (Å²) in [6.07, 6.45) is 1.40. The second-order valence-electron chi connectivity index (χ2n) is 7.74. The van der Waals surface area contributed by atoms with Gasteiger partial charge in [0.05, 0.1) is 27.9 Å². The Kier molecular flexibility index (Phi) is 8.57. The Labute approximate surface area is 232 Å². The van der Waals surface area contributed by atoms with Crippen LogP contribution >= 0.6 is 27.5 Å². The molecule has 11 heteroatoms. The van der Waals surface area contributed by atoms with E-state index in [1.54, 1.807) is 60.7 Å². The second kappa shape index (κ2) is 12.0. The highest BCUT2D eigenvalue weighted by Gasteiger charge is 2.18. The number of rotatable bonds is 8. The predicted molar refractivity (Wildman–Crippen MR) is 149 cm³/mol. The third-order valence-corrected chi connectivity index (χ3v) is 7.43. The van der Waals surface area contributed by atoms with Gasteiger partial charge in [-0.2, -0.15) is 5.10 Å². The largest absolute Gasteiger partial charge is 0.423 e. The number of nitrogens with one attached hydrogen (secondary N) is 2. The van der Waals surface area contributed by atoms with Gasteiger partial charge in [-0.05, 0) is 94.3 Å². The Morgan fingerprint density at radius 1 is 0.842 bits per heavy atom. The van der Waals surface area contributed by atoms with Gasteiger partial charge in [-0.15, -0.1) is 0 Å². The summed E-state index contributed by atoms with van der Waals surface area (Å²) < 4.78 is 33.9. The quantitative estimate of drug-likeness (QED) is 0.112. The fourth-order valence-electron chi connectivity index (χ4n) is 3.22. The zero-order valence-electron chi connectivity index (χ0n) is 19.5. The molecule has 0 aromatic heterocycles. The molecule has 4 aromatic carbocycles. The van der Waals surface area contributed by atoms with Crippen molar-refractivity contribution in [3.8, 4) is 5.75 Å². The van der Waals surface area contributed by atoms with Gasteiger partial charge < -0.3 is 4.74 Å². The molecule has 0 aliphatic carbocycles. The summed E-state index contributed by atoms with van der Waals surface area (Å²) in [6, 6.07) is 25.2. The lowest BCUT2D eigenvalue weighted by Gasteiger charge is -2.11. The Morgan fingerprint density at radius 2 is 1.47 bits per heavy atom. The Bertz CT molecular complexity index is 1610. The van der Waals surface area contributed by atoms with E-state index in [1.807, 2.05) is 0 Å². The molecular formula is C27H19BrClN3O5S. The fourth-order valence-corrected chi connectivity index (χ4v) is 4.88. The number of para-hydroxylation sites is 1. The van der Waals surface area contributed by atoms with E-state index in [1.165, 1.54) is 42.6 Å². The molecule has 0 bridgehead atoms. The first-order valence-corrected chi connectivity index (χ1v) is 13.7. The molecule has 1 amide bonds. The molecule has 0 radical (unpaired) electrons. The van der Waals surface area contributed by atoms with Crippen LogP contribution in [0.15, 0.2) is 112 Å². The molecule has 4 rings (SSSR count). The van der Waals surface area contributed by atoms with Crippen molar-refractivity contribution in [2.75, 3.05) is 4.72 Å². The van der Waals surface area contributed by atoms with Gasteiger partial charge in [0, 0.05) is 9.50 Å². The normalized spacial score (nSPS) is 11.2. The summed E-state index contributed by atoms with van der Waals surface area (Å²) in [4.78, 5) is 25.1. The molecule has 0 atom stereocenters. The zero-order chi connectivity index (χ0) is 27.1. The number of sulfonamides is 1. The number of amides is 1. The summed E-state index contributed by atoms with van der Waals surface area (Å²) >= 11 is 9.15. The Morgan fingerprint density at radius 3 is 2.16 bits per heavy atom. The molecular weight excluding hydrogens is 594 g/mol. The first-order valence-electron chi connectivity index (χ1n) is 11.0. The molecule has 0 fully saturated rings. The van der Waals surface area contributed by atoms with Gasteiger partial charge >= 0.3 is 5.97 Å². The van der Waals surface area contributed by atoms with Gasteiger partial charge in [0.2, 0.25) is 0 Å². The lowest BCUT2D eigenvalue weighted by molar-refractivity contribution is 0.0733. The molecule has 0 saturated heterocycles. The zero-order valence-corrected chi connectivity index (χ0v) is 22.6. The van der Waals surface area contributed by atoms with Crippen LogP contribution in [0.4, 0.5) is 5.69 Å². The van der Waals surface area contributed by atoms with Gasteiger partial charge in [-0.3, -0.25) is 9.52 Å². The number of nitrogens with zero attached hydrogens (tertiary/aromatic N) is 1. The average molecular weight is 613 g/mol. The van der Waals surface area contributed by atoms with Gasteiger partial charge in [-0.1, -0.05) is 35.9 Å². The Hall–Kier alpha value is -3.99. The van der Waals surface area contributed by atoms with E-state index >= 15 is 0 Å². The van der Waals surface area contributed by atoms with Crippen LogP contribution in [-0.4, -0.2) is 26.5 Å². The smallest absolute Gasteiger partial charge is 0.344 e. The summed E-state index contributed by atoms with van der Waals surface area (Å²) in [5, 5.41) is 4.34. The average Bonchev–Trinajstić information content (AvgIpc) is 2.90. The number of benzene rings is 4. The first-order chi connectivity index (χ1) is 18.2. The number of hydrogen-bond acceptors (Lipinski definition) is 6. The molecule has 0 aliphatic rings. The van der Waals surface area contributed by atoms with Crippen LogP contribution in [0.3, 0.4) is 0 Å². The van der Waals surface area contributed by atoms with E-state index in [2.05, 4.69) is 31.2 Å². The number of hydrogen-bond donors (Lipinski definition) is 2. The van der Waals surface area contributed by atoms with E-state index in [0.717, 1.165) is 0 Å². The summed E-state index contributed by atoms with van der Waals surface area (Å²) in [5.74, 6) is -0.778. The molecule has 8 nitrogen and oxygen atoms in total. The van der Waals surface area contributed by atoms with E-state index in [9.17, 15) is 18.0 Å². The third kappa shape index (κ3) is 6.86. The maximum absolute atomic E-state index is 12.7. The van der Waals surface area contributed by atoms with Crippen LogP contribution in [0.5, 0.6) is 5.75 Å². The maximum atomic E-state index is 12.7. The molecule has 38 heavy (non-hydrogen) atoms. The van der Waals surface area contributed by atoms with Gasteiger partial charge in [-0.25, -0.2) is 18.6 Å². The summed E-state index contributed by atoms with van der Waals surface area (Å²) in [6.45, 7) is 0. The lowest BCUT2D eigenvalue weighted by Crippen LogP contribution is -2.21. The SMILES string of the molecule is O=C(Oc1ccc(/C=N/NC(=O)c2ccccc2NS(=O)(=O)c2ccc(Cl)cc2)cc1)c1ccccc1Br. The molecule has 192 valence electrons. The third-order valence-electron chi connectivity index (χ3n) is 5.10. The molecule has 0 spiro atoms. The van der Waals surface area contributed by atoms with Crippen molar-refractivity contribution in [1.82, 2.24) is 5.43 Å². The first kappa shape index (κ1) is 27.1. The van der Waals surface area contributed by atoms with Gasteiger partial charge in [0.1, 0.15) is 5.75 Å². The van der Waals surface area contributed by atoms with E-state index in [0.29, 0.717) is 26.4 Å². The number of halogens is 2. The Balaban J connectivity index is 1.39. The van der Waals surface area contributed by atoms with Crippen molar-refractivity contribution < 1.29 is 22.7 Å². The van der Waals surface area contributed by atoms with Gasteiger partial charge in [0.25, 0.3) is 15.9 Å². The monoisotopic (exact) mass is 611 g/mol. The van der Waals surface area contributed by atoms with E-state index in [-0.39, 0.29) is 16.1 Å². The minimum Gasteiger partial charge on any atom is -0.423 e. The van der Waals surface area contributed by atoms with Crippen LogP contribution in [0.2, 0.25) is 5.02 Å². The van der Waals surface area contributed by atoms with Crippen LogP contribution < -0.4 is 14.9 Å². The van der Waals surface area contributed by atoms with Crippen molar-refractivity contribution in [3.63, 3.8) is 0 Å². The standard InChI is InChI=1S/C27H19BrClN3O5S/c28-24-7-3-1-5-22(24)27(34)37-20-13-9-18(10-14-20)17-30-31-26(33)23-6-2-4-8-25(23)32-38(35,36)21-15-11-19(29)12-16-21/h1-17,32H,(H,31,33)/b30-17+. The number of anilines is 1. The molecule has 4 aromatic rings. The van der Waals surface area contributed by atoms with Crippen molar-refractivity contribution >= 4 is 61.3 Å². The number of carbonyl (C=O) groups is 2. The van der Waals surface area contributed by atoms with Gasteiger partial charge in [0.15, 0.2) is 0 Å². The number of esters is 1. The van der Waals surface area contributed by atoms with Crippen LogP contribution in [0.25, 0.3) is 0 Å². The van der Waals surface area contributed by atoms with Crippen molar-refractivity contribution in [2.45, 2.75) is 4.90 Å². The van der Waals surface area contributed by atoms with Crippen LogP contribution in [0.1, 0.15) is 26.3 Å². The summed E-state index contributed by atoms with van der Waals surface area (Å²) in [7, 11) is -3.95. The minimum atomic E-state index is -3.95. The van der Waals surface area contributed by atoms with Crippen LogP contribution in [-0.2, 0) is 10.0 Å². The highest BCUT2D eigenvalue weighted by molar-refractivity contribution is 9.10. The van der Waals surface area contributed by atoms with E-state index in [4.69, 9.17) is 16.3 Å². The molecule has 0 saturated carbocycles. The molecule has 0 aliphatic heterocycles. The highest BCUT2D eigenvalue weighted by atomic mass is 79.9. The number of carbonyl (C=O) groups excluding carboxylic acids is 2. The van der Waals surface area contributed by atoms with Crippen molar-refractivity contribution in [2.24, 2.45) is 5.10 Å². The fraction of sp³-hybridized carbons (Fsp3) is 0. The van der Waals surface area contributed by atoms with E-state index < -0.39 is 21.9 Å². The second-order valence-corrected chi connectivity index (χ2v) is 10.7. The molecule has 2 N–H and O–H groups in total. The predicted octanol–water partition coefficient (Wildman–Crippen LogP) is 5.89. The number of ether oxygens (including phenoxy) is 1.